The minimum Gasteiger partial charge on any atom is -0.372 e. The van der Waals surface area contributed by atoms with Crippen molar-refractivity contribution in [3.63, 3.8) is 0 Å². The first-order valence-electron chi connectivity index (χ1n) is 8.69. The van der Waals surface area contributed by atoms with E-state index >= 15 is 0 Å². The number of piperidine rings is 1. The molecule has 2 aliphatic heterocycles. The molecule has 0 saturated carbocycles. The Labute approximate surface area is 148 Å². The molecule has 24 heavy (non-hydrogen) atoms. The molecule has 2 fully saturated rings. The first-order valence-corrected chi connectivity index (χ1v) is 9.51. The fraction of sp³-hybridized carbons (Fsp3) is 0.722. The molecule has 1 aromatic rings. The largest absolute Gasteiger partial charge is 0.372 e. The molecular weight excluding hydrogens is 324 g/mol. The van der Waals surface area contributed by atoms with Gasteiger partial charge in [0.1, 0.15) is 6.61 Å². The molecule has 0 radical (unpaired) electrons. The minimum atomic E-state index is -0.0340. The summed E-state index contributed by atoms with van der Waals surface area (Å²) in [4.78, 5) is 18.5. The van der Waals surface area contributed by atoms with Crippen LogP contribution in [0.4, 0.5) is 0 Å². The van der Waals surface area contributed by atoms with Gasteiger partial charge in [0.15, 0.2) is 0 Å². The van der Waals surface area contributed by atoms with E-state index in [0.717, 1.165) is 38.9 Å². The van der Waals surface area contributed by atoms with Gasteiger partial charge >= 0.3 is 0 Å². The molecule has 134 valence electrons. The number of thiophene rings is 1. The summed E-state index contributed by atoms with van der Waals surface area (Å²) >= 11 is 1.89. The van der Waals surface area contributed by atoms with Crippen molar-refractivity contribution < 1.29 is 14.3 Å². The van der Waals surface area contributed by atoms with E-state index in [4.69, 9.17) is 9.47 Å². The lowest BCUT2D eigenvalue weighted by atomic mass is 9.88. The topological polar surface area (TPSA) is 42.0 Å². The molecule has 5 nitrogen and oxygen atoms in total. The Bertz CT molecular complexity index is 564. The molecule has 3 heterocycles. The number of ether oxygens (including phenoxy) is 2. The van der Waals surface area contributed by atoms with Gasteiger partial charge in [-0.05, 0) is 31.9 Å². The Morgan fingerprint density at radius 3 is 2.79 bits per heavy atom. The van der Waals surface area contributed by atoms with Crippen molar-refractivity contribution in [3.8, 4) is 0 Å². The van der Waals surface area contributed by atoms with Gasteiger partial charge in [-0.3, -0.25) is 9.69 Å². The number of amides is 1. The molecule has 1 atom stereocenters. The summed E-state index contributed by atoms with van der Waals surface area (Å²) in [5.41, 5.74) is -0.0340. The molecule has 0 N–H and O–H groups in total. The van der Waals surface area contributed by atoms with Crippen LogP contribution in [0.5, 0.6) is 0 Å². The van der Waals surface area contributed by atoms with Crippen molar-refractivity contribution in [2.24, 2.45) is 0 Å². The van der Waals surface area contributed by atoms with Gasteiger partial charge in [0, 0.05) is 49.9 Å². The number of rotatable bonds is 5. The van der Waals surface area contributed by atoms with Crippen LogP contribution in [0.1, 0.15) is 29.0 Å². The first-order chi connectivity index (χ1) is 11.5. The minimum absolute atomic E-state index is 0.0111. The number of hydrogen-bond acceptors (Lipinski definition) is 5. The molecule has 3 rings (SSSR count). The summed E-state index contributed by atoms with van der Waals surface area (Å²) in [5, 5.41) is 0. The Morgan fingerprint density at radius 2 is 2.17 bits per heavy atom. The van der Waals surface area contributed by atoms with Crippen LogP contribution in [0.25, 0.3) is 0 Å². The van der Waals surface area contributed by atoms with Crippen molar-refractivity contribution in [2.45, 2.75) is 44.4 Å². The van der Waals surface area contributed by atoms with Crippen LogP contribution < -0.4 is 0 Å². The van der Waals surface area contributed by atoms with E-state index in [0.29, 0.717) is 6.61 Å². The average Bonchev–Trinajstić information content (AvgIpc) is 3.14. The van der Waals surface area contributed by atoms with E-state index in [9.17, 15) is 4.79 Å². The number of likely N-dealkylation sites (tertiary alicyclic amines) is 1. The Hall–Kier alpha value is -0.950. The lowest BCUT2D eigenvalue weighted by Crippen LogP contribution is -2.43. The predicted molar refractivity (Wildman–Crippen MR) is 95.3 cm³/mol. The second-order valence-electron chi connectivity index (χ2n) is 7.21. The number of carbonyl (C=O) groups is 1. The van der Waals surface area contributed by atoms with Gasteiger partial charge in [-0.2, -0.15) is 0 Å². The van der Waals surface area contributed by atoms with Gasteiger partial charge in [0.25, 0.3) is 0 Å². The van der Waals surface area contributed by atoms with E-state index in [-0.39, 0.29) is 24.2 Å². The highest BCUT2D eigenvalue weighted by Gasteiger charge is 2.43. The zero-order valence-electron chi connectivity index (χ0n) is 14.9. The van der Waals surface area contributed by atoms with Crippen LogP contribution in [-0.4, -0.2) is 67.8 Å². The predicted octanol–water partition coefficient (Wildman–Crippen LogP) is 2.28. The highest BCUT2D eigenvalue weighted by molar-refractivity contribution is 7.11. The maximum atomic E-state index is 11.6. The monoisotopic (exact) mass is 352 g/mol. The van der Waals surface area contributed by atoms with Crippen LogP contribution in [-0.2, 0) is 20.8 Å². The second-order valence-corrected chi connectivity index (χ2v) is 8.58. The summed E-state index contributed by atoms with van der Waals surface area (Å²) in [6.45, 7) is 6.12. The second kappa shape index (κ2) is 7.52. The molecule has 0 unspecified atom stereocenters. The maximum absolute atomic E-state index is 11.6. The van der Waals surface area contributed by atoms with Gasteiger partial charge in [-0.25, -0.2) is 0 Å². The molecule has 2 aliphatic rings. The standard InChI is InChI=1S/C18H28N2O3S/c1-14-4-5-16(24-14)11-20-8-6-18(7-9-20)10-15(12-23-18)22-13-17(21)19(2)3/h4-5,15H,6-13H2,1-3H3/t15-/m0/s1. The first kappa shape index (κ1) is 17.9. The number of hydrogen-bond donors (Lipinski definition) is 0. The molecule has 1 spiro atoms. The van der Waals surface area contributed by atoms with Crippen LogP contribution in [0.2, 0.25) is 0 Å². The molecule has 6 heteroatoms. The Morgan fingerprint density at radius 1 is 1.42 bits per heavy atom. The van der Waals surface area contributed by atoms with Gasteiger partial charge in [0.05, 0.1) is 18.3 Å². The average molecular weight is 353 g/mol. The van der Waals surface area contributed by atoms with Crippen molar-refractivity contribution in [1.29, 1.82) is 0 Å². The number of carbonyl (C=O) groups excluding carboxylic acids is 1. The maximum Gasteiger partial charge on any atom is 0.248 e. The van der Waals surface area contributed by atoms with Crippen molar-refractivity contribution in [2.75, 3.05) is 40.4 Å². The van der Waals surface area contributed by atoms with Gasteiger partial charge in [-0.15, -0.1) is 11.3 Å². The summed E-state index contributed by atoms with van der Waals surface area (Å²) < 4.78 is 11.9. The normalized spacial score (nSPS) is 23.7. The fourth-order valence-corrected chi connectivity index (χ4v) is 4.42. The van der Waals surface area contributed by atoms with Gasteiger partial charge in [0.2, 0.25) is 5.91 Å². The Balaban J connectivity index is 1.43. The third kappa shape index (κ3) is 4.36. The summed E-state index contributed by atoms with van der Waals surface area (Å²) in [6.07, 6.45) is 3.08. The summed E-state index contributed by atoms with van der Waals surface area (Å²) in [7, 11) is 3.51. The van der Waals surface area contributed by atoms with Crippen LogP contribution >= 0.6 is 11.3 Å². The zero-order valence-corrected chi connectivity index (χ0v) is 15.7. The van der Waals surface area contributed by atoms with Crippen molar-refractivity contribution >= 4 is 17.2 Å². The molecule has 2 saturated heterocycles. The SMILES string of the molecule is Cc1ccc(CN2CCC3(CC2)C[C@H](OCC(=O)N(C)C)CO3)s1. The number of likely N-dealkylation sites (N-methyl/N-ethyl adjacent to an activating group) is 1. The van der Waals surface area contributed by atoms with E-state index in [1.165, 1.54) is 9.75 Å². The van der Waals surface area contributed by atoms with Crippen LogP contribution in [0.3, 0.4) is 0 Å². The Kier molecular flexibility index (Phi) is 5.59. The highest BCUT2D eigenvalue weighted by Crippen LogP contribution is 2.37. The molecule has 0 aromatic carbocycles. The molecule has 1 amide bonds. The quantitative estimate of drug-likeness (QED) is 0.815. The fourth-order valence-electron chi connectivity index (χ4n) is 3.49. The lowest BCUT2D eigenvalue weighted by Gasteiger charge is -2.38. The van der Waals surface area contributed by atoms with E-state index in [1.807, 2.05) is 11.3 Å². The lowest BCUT2D eigenvalue weighted by molar-refractivity contribution is -0.135. The van der Waals surface area contributed by atoms with Crippen LogP contribution in [0.15, 0.2) is 12.1 Å². The zero-order chi connectivity index (χ0) is 17.2. The van der Waals surface area contributed by atoms with Crippen molar-refractivity contribution in [1.82, 2.24) is 9.80 Å². The smallest absolute Gasteiger partial charge is 0.248 e. The van der Waals surface area contributed by atoms with Gasteiger partial charge in [-0.1, -0.05) is 0 Å². The molecule has 0 bridgehead atoms. The van der Waals surface area contributed by atoms with Crippen molar-refractivity contribution in [3.05, 3.63) is 21.9 Å². The third-order valence-electron chi connectivity index (χ3n) is 5.06. The van der Waals surface area contributed by atoms with E-state index < -0.39 is 0 Å². The van der Waals surface area contributed by atoms with E-state index in [1.54, 1.807) is 19.0 Å². The summed E-state index contributed by atoms with van der Waals surface area (Å²) in [6, 6.07) is 4.44. The molecular formula is C18H28N2O3S. The van der Waals surface area contributed by atoms with E-state index in [2.05, 4.69) is 24.0 Å². The number of nitrogens with zero attached hydrogens (tertiary/aromatic N) is 2. The molecule has 1 aromatic heterocycles. The number of aryl methyl sites for hydroxylation is 1. The third-order valence-corrected chi connectivity index (χ3v) is 6.04. The van der Waals surface area contributed by atoms with Crippen LogP contribution in [0, 0.1) is 6.92 Å². The summed E-state index contributed by atoms with van der Waals surface area (Å²) in [5.74, 6) is 0.0111. The highest BCUT2D eigenvalue weighted by atomic mass is 32.1. The molecule has 0 aliphatic carbocycles. The van der Waals surface area contributed by atoms with Gasteiger partial charge < -0.3 is 14.4 Å².